The standard InChI is InChI=1S/C17H26N2O3/c1-11-7-13-14(8-17(2,3)9-15(13)22-11)18-16(21)19-6-4-5-12(19)10-20/h7,12,14,20H,4-6,8-10H2,1-3H3,(H,18,21). The fourth-order valence-electron chi connectivity index (χ4n) is 3.84. The Kier molecular flexibility index (Phi) is 3.93. The molecule has 0 spiro atoms. The van der Waals surface area contributed by atoms with Crippen molar-refractivity contribution in [3.05, 3.63) is 23.2 Å². The molecule has 1 aliphatic carbocycles. The van der Waals surface area contributed by atoms with Crippen LogP contribution in [0.3, 0.4) is 0 Å². The Labute approximate surface area is 131 Å². The second kappa shape index (κ2) is 5.61. The third-order valence-electron chi connectivity index (χ3n) is 4.88. The highest BCUT2D eigenvalue weighted by atomic mass is 16.3. The molecule has 122 valence electrons. The van der Waals surface area contributed by atoms with Gasteiger partial charge in [-0.1, -0.05) is 13.8 Å². The first-order chi connectivity index (χ1) is 10.4. The predicted molar refractivity (Wildman–Crippen MR) is 83.6 cm³/mol. The molecule has 1 aliphatic heterocycles. The van der Waals surface area contributed by atoms with E-state index in [0.29, 0.717) is 0 Å². The van der Waals surface area contributed by atoms with Crippen LogP contribution in [-0.2, 0) is 6.42 Å². The fourth-order valence-corrected chi connectivity index (χ4v) is 3.84. The van der Waals surface area contributed by atoms with Crippen molar-refractivity contribution in [3.63, 3.8) is 0 Å². The van der Waals surface area contributed by atoms with Gasteiger partial charge < -0.3 is 19.7 Å². The third kappa shape index (κ3) is 2.86. The van der Waals surface area contributed by atoms with E-state index >= 15 is 0 Å². The summed E-state index contributed by atoms with van der Waals surface area (Å²) in [6, 6.07) is 1.93. The van der Waals surface area contributed by atoms with Gasteiger partial charge in [-0.15, -0.1) is 0 Å². The van der Waals surface area contributed by atoms with Crippen molar-refractivity contribution < 1.29 is 14.3 Å². The zero-order valence-corrected chi connectivity index (χ0v) is 13.7. The molecule has 2 heterocycles. The Bertz CT molecular complexity index is 564. The van der Waals surface area contributed by atoms with E-state index in [1.54, 1.807) is 4.90 Å². The molecule has 2 amide bonds. The van der Waals surface area contributed by atoms with E-state index < -0.39 is 0 Å². The molecular weight excluding hydrogens is 280 g/mol. The highest BCUT2D eigenvalue weighted by molar-refractivity contribution is 5.75. The maximum atomic E-state index is 12.6. The lowest BCUT2D eigenvalue weighted by molar-refractivity contribution is 0.149. The smallest absolute Gasteiger partial charge is 0.318 e. The number of aliphatic hydroxyl groups is 1. The molecule has 1 aromatic rings. The van der Waals surface area contributed by atoms with E-state index in [1.807, 2.05) is 13.0 Å². The summed E-state index contributed by atoms with van der Waals surface area (Å²) >= 11 is 0. The third-order valence-corrected chi connectivity index (χ3v) is 4.88. The molecule has 1 fully saturated rings. The van der Waals surface area contributed by atoms with Crippen molar-refractivity contribution in [2.24, 2.45) is 5.41 Å². The van der Waals surface area contributed by atoms with Gasteiger partial charge in [-0.3, -0.25) is 0 Å². The summed E-state index contributed by atoms with van der Waals surface area (Å²) in [5, 5.41) is 12.6. The second-order valence-corrected chi connectivity index (χ2v) is 7.45. The minimum atomic E-state index is -0.0657. The number of hydrogen-bond acceptors (Lipinski definition) is 3. The maximum Gasteiger partial charge on any atom is 0.318 e. The molecule has 3 rings (SSSR count). The van der Waals surface area contributed by atoms with Crippen LogP contribution < -0.4 is 5.32 Å². The van der Waals surface area contributed by atoms with Gasteiger partial charge in [0.1, 0.15) is 11.5 Å². The zero-order chi connectivity index (χ0) is 15.9. The van der Waals surface area contributed by atoms with Gasteiger partial charge >= 0.3 is 6.03 Å². The molecule has 2 atom stereocenters. The number of carbonyl (C=O) groups excluding carboxylic acids is 1. The Hall–Kier alpha value is -1.49. The molecule has 2 aliphatic rings. The number of aryl methyl sites for hydroxylation is 1. The SMILES string of the molecule is Cc1cc2c(o1)CC(C)(C)CC2NC(=O)N1CCCC1CO. The number of furan rings is 1. The summed E-state index contributed by atoms with van der Waals surface area (Å²) in [7, 11) is 0. The summed E-state index contributed by atoms with van der Waals surface area (Å²) < 4.78 is 5.82. The van der Waals surface area contributed by atoms with Gasteiger partial charge in [0.25, 0.3) is 0 Å². The van der Waals surface area contributed by atoms with Crippen LogP contribution in [0.2, 0.25) is 0 Å². The lowest BCUT2D eigenvalue weighted by Crippen LogP contribution is -2.46. The second-order valence-electron chi connectivity index (χ2n) is 7.45. The predicted octanol–water partition coefficient (Wildman–Crippen LogP) is 2.77. The van der Waals surface area contributed by atoms with E-state index in [9.17, 15) is 9.90 Å². The summed E-state index contributed by atoms with van der Waals surface area (Å²) in [6.07, 6.45) is 3.66. The van der Waals surface area contributed by atoms with Gasteiger partial charge in [-0.05, 0) is 37.7 Å². The number of nitrogens with one attached hydrogen (secondary N) is 1. The fraction of sp³-hybridized carbons (Fsp3) is 0.706. The number of amides is 2. The Morgan fingerprint density at radius 2 is 2.32 bits per heavy atom. The number of carbonyl (C=O) groups is 1. The van der Waals surface area contributed by atoms with E-state index in [-0.39, 0.29) is 30.1 Å². The van der Waals surface area contributed by atoms with Crippen LogP contribution in [-0.4, -0.2) is 35.2 Å². The van der Waals surface area contributed by atoms with Crippen LogP contribution in [0.15, 0.2) is 10.5 Å². The van der Waals surface area contributed by atoms with Crippen molar-refractivity contribution in [3.8, 4) is 0 Å². The van der Waals surface area contributed by atoms with E-state index in [2.05, 4.69) is 19.2 Å². The number of fused-ring (bicyclic) bond motifs is 1. The molecule has 0 aromatic carbocycles. The number of nitrogens with zero attached hydrogens (tertiary/aromatic N) is 1. The highest BCUT2D eigenvalue weighted by Crippen LogP contribution is 2.42. The molecule has 0 saturated carbocycles. The van der Waals surface area contributed by atoms with Crippen LogP contribution in [0.25, 0.3) is 0 Å². The van der Waals surface area contributed by atoms with Crippen LogP contribution in [0.1, 0.15) is 56.2 Å². The van der Waals surface area contributed by atoms with Gasteiger partial charge in [-0.2, -0.15) is 0 Å². The first-order valence-corrected chi connectivity index (χ1v) is 8.17. The maximum absolute atomic E-state index is 12.6. The Morgan fingerprint density at radius 3 is 3.05 bits per heavy atom. The molecule has 1 saturated heterocycles. The van der Waals surface area contributed by atoms with Crippen molar-refractivity contribution in [1.82, 2.24) is 10.2 Å². The summed E-state index contributed by atoms with van der Waals surface area (Å²) in [6.45, 7) is 7.13. The van der Waals surface area contributed by atoms with Crippen molar-refractivity contribution in [2.45, 2.75) is 58.5 Å². The van der Waals surface area contributed by atoms with Crippen LogP contribution >= 0.6 is 0 Å². The molecule has 22 heavy (non-hydrogen) atoms. The van der Waals surface area contributed by atoms with Crippen molar-refractivity contribution in [2.75, 3.05) is 13.2 Å². The molecular formula is C17H26N2O3. The van der Waals surface area contributed by atoms with E-state index in [1.165, 1.54) is 0 Å². The van der Waals surface area contributed by atoms with Crippen LogP contribution in [0.5, 0.6) is 0 Å². The van der Waals surface area contributed by atoms with Gasteiger partial charge in [0.15, 0.2) is 0 Å². The van der Waals surface area contributed by atoms with Gasteiger partial charge in [0, 0.05) is 18.5 Å². The first kappa shape index (κ1) is 15.4. The molecule has 1 aromatic heterocycles. The van der Waals surface area contributed by atoms with Gasteiger partial charge in [-0.25, -0.2) is 4.79 Å². The largest absolute Gasteiger partial charge is 0.466 e. The van der Waals surface area contributed by atoms with Crippen molar-refractivity contribution in [1.29, 1.82) is 0 Å². The average Bonchev–Trinajstić information content (AvgIpc) is 3.02. The molecule has 0 radical (unpaired) electrons. The molecule has 2 N–H and O–H groups in total. The minimum absolute atomic E-state index is 0.0105. The number of urea groups is 1. The summed E-state index contributed by atoms with van der Waals surface area (Å²) in [5.41, 5.74) is 1.22. The topological polar surface area (TPSA) is 65.7 Å². The Balaban J connectivity index is 1.78. The van der Waals surface area contributed by atoms with Crippen molar-refractivity contribution >= 4 is 6.03 Å². The van der Waals surface area contributed by atoms with Crippen LogP contribution in [0.4, 0.5) is 4.79 Å². The van der Waals surface area contributed by atoms with Crippen LogP contribution in [0, 0.1) is 12.3 Å². The number of hydrogen-bond donors (Lipinski definition) is 2. The average molecular weight is 306 g/mol. The monoisotopic (exact) mass is 306 g/mol. The highest BCUT2D eigenvalue weighted by Gasteiger charge is 2.37. The summed E-state index contributed by atoms with van der Waals surface area (Å²) in [4.78, 5) is 14.4. The lowest BCUT2D eigenvalue weighted by atomic mass is 9.75. The molecule has 5 nitrogen and oxygen atoms in total. The minimum Gasteiger partial charge on any atom is -0.466 e. The lowest BCUT2D eigenvalue weighted by Gasteiger charge is -2.36. The first-order valence-electron chi connectivity index (χ1n) is 8.17. The zero-order valence-electron chi connectivity index (χ0n) is 13.7. The summed E-state index contributed by atoms with van der Waals surface area (Å²) in [5.74, 6) is 1.90. The molecule has 0 bridgehead atoms. The van der Waals surface area contributed by atoms with Gasteiger partial charge in [0.2, 0.25) is 0 Å². The Morgan fingerprint density at radius 1 is 1.55 bits per heavy atom. The van der Waals surface area contributed by atoms with Gasteiger partial charge in [0.05, 0.1) is 18.7 Å². The normalized spacial score (nSPS) is 26.8. The quantitative estimate of drug-likeness (QED) is 0.883. The number of rotatable bonds is 2. The number of aliphatic hydroxyl groups excluding tert-OH is 1. The van der Waals surface area contributed by atoms with E-state index in [0.717, 1.165) is 49.3 Å². The number of likely N-dealkylation sites (tertiary alicyclic amines) is 1. The van der Waals surface area contributed by atoms with E-state index in [4.69, 9.17) is 4.42 Å². The molecule has 5 heteroatoms. The molecule has 2 unspecified atom stereocenters.